The highest BCUT2D eigenvalue weighted by Crippen LogP contribution is 2.24. The first-order valence-electron chi connectivity index (χ1n) is 5.28. The number of pyridine rings is 1. The Morgan fingerprint density at radius 1 is 1.20 bits per heavy atom. The minimum Gasteiger partial charge on any atom is -0.383 e. The first-order valence-corrected chi connectivity index (χ1v) is 5.28. The fourth-order valence-corrected chi connectivity index (χ4v) is 1.87. The van der Waals surface area contributed by atoms with E-state index in [1.54, 1.807) is 0 Å². The zero-order valence-corrected chi connectivity index (χ0v) is 9.46. The predicted molar refractivity (Wildman–Crippen MR) is 65.0 cm³/mol. The number of rotatable bonds is 1. The van der Waals surface area contributed by atoms with Crippen LogP contribution in [-0.2, 0) is 6.42 Å². The predicted octanol–water partition coefficient (Wildman–Crippen LogP) is 3.00. The van der Waals surface area contributed by atoms with Crippen molar-refractivity contribution in [3.05, 3.63) is 34.9 Å². The molecule has 0 aliphatic carbocycles. The maximum absolute atomic E-state index is 5.91. The van der Waals surface area contributed by atoms with Gasteiger partial charge in [-0.15, -0.1) is 0 Å². The normalized spacial score (nSPS) is 10.9. The van der Waals surface area contributed by atoms with Gasteiger partial charge in [-0.05, 0) is 43.0 Å². The Morgan fingerprint density at radius 2 is 1.87 bits per heavy atom. The number of nitrogens with two attached hydrogens (primary N) is 1. The highest BCUT2D eigenvalue weighted by Gasteiger charge is 2.06. The van der Waals surface area contributed by atoms with Crippen molar-refractivity contribution in [1.82, 2.24) is 4.98 Å². The molecule has 0 amide bonds. The number of nitrogen functional groups attached to an aromatic ring is 1. The van der Waals surface area contributed by atoms with Crippen LogP contribution in [0.4, 0.5) is 5.82 Å². The van der Waals surface area contributed by atoms with E-state index in [4.69, 9.17) is 5.73 Å². The first kappa shape index (κ1) is 9.97. The van der Waals surface area contributed by atoms with Crippen LogP contribution >= 0.6 is 0 Å². The Morgan fingerprint density at radius 3 is 2.53 bits per heavy atom. The van der Waals surface area contributed by atoms with Gasteiger partial charge in [0.05, 0.1) is 5.52 Å². The molecule has 15 heavy (non-hydrogen) atoms. The van der Waals surface area contributed by atoms with E-state index in [-0.39, 0.29) is 0 Å². The fraction of sp³-hybridized carbons (Fsp3) is 0.308. The molecule has 2 aromatic rings. The summed E-state index contributed by atoms with van der Waals surface area (Å²) >= 11 is 0. The standard InChI is InChI=1S/C13H16N2/c1-4-10-7-11-8(2)5-6-9(3)12(11)15-13(10)14/h5-7H,4H2,1-3H3,(H2,14,15). The summed E-state index contributed by atoms with van der Waals surface area (Å²) in [4.78, 5) is 4.48. The van der Waals surface area contributed by atoms with Crippen LogP contribution in [0.1, 0.15) is 23.6 Å². The van der Waals surface area contributed by atoms with Crippen molar-refractivity contribution in [3.63, 3.8) is 0 Å². The number of hydrogen-bond donors (Lipinski definition) is 1. The molecule has 0 saturated heterocycles. The van der Waals surface area contributed by atoms with E-state index < -0.39 is 0 Å². The van der Waals surface area contributed by atoms with Crippen molar-refractivity contribution in [2.75, 3.05) is 5.73 Å². The second-order valence-corrected chi connectivity index (χ2v) is 3.98. The number of aryl methyl sites for hydroxylation is 3. The van der Waals surface area contributed by atoms with E-state index in [2.05, 4.69) is 44.0 Å². The van der Waals surface area contributed by atoms with E-state index in [1.165, 1.54) is 16.5 Å². The molecule has 1 heterocycles. The topological polar surface area (TPSA) is 38.9 Å². The van der Waals surface area contributed by atoms with Crippen LogP contribution in [0.15, 0.2) is 18.2 Å². The second kappa shape index (κ2) is 3.54. The van der Waals surface area contributed by atoms with Crippen LogP contribution in [0, 0.1) is 13.8 Å². The molecule has 0 fully saturated rings. The highest BCUT2D eigenvalue weighted by molar-refractivity contribution is 5.87. The molecule has 0 aliphatic heterocycles. The number of anilines is 1. The van der Waals surface area contributed by atoms with Crippen molar-refractivity contribution in [2.45, 2.75) is 27.2 Å². The van der Waals surface area contributed by atoms with Gasteiger partial charge in [-0.1, -0.05) is 19.1 Å². The van der Waals surface area contributed by atoms with Crippen LogP contribution < -0.4 is 5.73 Å². The van der Waals surface area contributed by atoms with E-state index in [1.807, 2.05) is 0 Å². The van der Waals surface area contributed by atoms with Gasteiger partial charge < -0.3 is 5.73 Å². The molecule has 0 atom stereocenters. The Hall–Kier alpha value is -1.57. The summed E-state index contributed by atoms with van der Waals surface area (Å²) < 4.78 is 0. The van der Waals surface area contributed by atoms with Gasteiger partial charge in [0.1, 0.15) is 5.82 Å². The summed E-state index contributed by atoms with van der Waals surface area (Å²) in [6, 6.07) is 6.39. The van der Waals surface area contributed by atoms with Gasteiger partial charge in [-0.2, -0.15) is 0 Å². The number of fused-ring (bicyclic) bond motifs is 1. The zero-order chi connectivity index (χ0) is 11.0. The minimum atomic E-state index is 0.665. The molecule has 0 aliphatic rings. The van der Waals surface area contributed by atoms with Gasteiger partial charge in [0.25, 0.3) is 0 Å². The average Bonchev–Trinajstić information content (AvgIpc) is 2.23. The Labute approximate surface area is 90.1 Å². The van der Waals surface area contributed by atoms with E-state index >= 15 is 0 Å². The van der Waals surface area contributed by atoms with Crippen molar-refractivity contribution in [1.29, 1.82) is 0 Å². The van der Waals surface area contributed by atoms with Crippen LogP contribution in [-0.4, -0.2) is 4.98 Å². The lowest BCUT2D eigenvalue weighted by atomic mass is 10.0. The second-order valence-electron chi connectivity index (χ2n) is 3.98. The van der Waals surface area contributed by atoms with Gasteiger partial charge in [0.2, 0.25) is 0 Å². The van der Waals surface area contributed by atoms with E-state index in [0.717, 1.165) is 17.5 Å². The molecule has 0 saturated carbocycles. The summed E-state index contributed by atoms with van der Waals surface area (Å²) in [5.74, 6) is 0.665. The molecule has 0 radical (unpaired) electrons. The third-order valence-corrected chi connectivity index (χ3v) is 2.90. The lowest BCUT2D eigenvalue weighted by Crippen LogP contribution is -1.99. The molecular formula is C13H16N2. The first-order chi connectivity index (χ1) is 7.13. The molecule has 1 aromatic heterocycles. The molecule has 2 N–H and O–H groups in total. The third-order valence-electron chi connectivity index (χ3n) is 2.90. The fourth-order valence-electron chi connectivity index (χ4n) is 1.87. The lowest BCUT2D eigenvalue weighted by molar-refractivity contribution is 1.12. The van der Waals surface area contributed by atoms with Gasteiger partial charge in [0.15, 0.2) is 0 Å². The maximum atomic E-state index is 5.91. The number of aromatic nitrogens is 1. The largest absolute Gasteiger partial charge is 0.383 e. The molecule has 0 bridgehead atoms. The SMILES string of the molecule is CCc1cc2c(C)ccc(C)c2nc1N. The van der Waals surface area contributed by atoms with Gasteiger partial charge in [0, 0.05) is 5.39 Å². The van der Waals surface area contributed by atoms with Gasteiger partial charge in [-0.25, -0.2) is 4.98 Å². The van der Waals surface area contributed by atoms with Crippen LogP contribution in [0.3, 0.4) is 0 Å². The van der Waals surface area contributed by atoms with Crippen molar-refractivity contribution in [3.8, 4) is 0 Å². The van der Waals surface area contributed by atoms with Crippen molar-refractivity contribution >= 4 is 16.7 Å². The molecule has 2 nitrogen and oxygen atoms in total. The van der Waals surface area contributed by atoms with E-state index in [0.29, 0.717) is 5.82 Å². The van der Waals surface area contributed by atoms with Crippen molar-refractivity contribution < 1.29 is 0 Å². The van der Waals surface area contributed by atoms with Crippen LogP contribution in [0.2, 0.25) is 0 Å². The number of hydrogen-bond acceptors (Lipinski definition) is 2. The molecule has 78 valence electrons. The molecule has 2 rings (SSSR count). The quantitative estimate of drug-likeness (QED) is 0.768. The van der Waals surface area contributed by atoms with Gasteiger partial charge in [-0.3, -0.25) is 0 Å². The number of benzene rings is 1. The van der Waals surface area contributed by atoms with Gasteiger partial charge >= 0.3 is 0 Å². The Balaban J connectivity index is 2.86. The summed E-state index contributed by atoms with van der Waals surface area (Å²) in [7, 11) is 0. The minimum absolute atomic E-state index is 0.665. The van der Waals surface area contributed by atoms with Crippen LogP contribution in [0.5, 0.6) is 0 Å². The zero-order valence-electron chi connectivity index (χ0n) is 9.46. The average molecular weight is 200 g/mol. The summed E-state index contributed by atoms with van der Waals surface area (Å²) in [5.41, 5.74) is 10.5. The smallest absolute Gasteiger partial charge is 0.127 e. The monoisotopic (exact) mass is 200 g/mol. The number of nitrogens with zero attached hydrogens (tertiary/aromatic N) is 1. The molecule has 1 aromatic carbocycles. The van der Waals surface area contributed by atoms with E-state index in [9.17, 15) is 0 Å². The maximum Gasteiger partial charge on any atom is 0.127 e. The molecule has 0 spiro atoms. The Kier molecular flexibility index (Phi) is 2.35. The molecule has 0 unspecified atom stereocenters. The highest BCUT2D eigenvalue weighted by atomic mass is 14.8. The molecular weight excluding hydrogens is 184 g/mol. The van der Waals surface area contributed by atoms with Crippen LogP contribution in [0.25, 0.3) is 10.9 Å². The van der Waals surface area contributed by atoms with Crippen molar-refractivity contribution in [2.24, 2.45) is 0 Å². The Bertz CT molecular complexity index is 515. The summed E-state index contributed by atoms with van der Waals surface area (Å²) in [5, 5.41) is 1.22. The summed E-state index contributed by atoms with van der Waals surface area (Å²) in [6.45, 7) is 6.28. The summed E-state index contributed by atoms with van der Waals surface area (Å²) in [6.07, 6.45) is 0.933. The lowest BCUT2D eigenvalue weighted by Gasteiger charge is -2.09. The third kappa shape index (κ3) is 1.56. The molecule has 2 heteroatoms.